The molecule has 8 nitrogen and oxygen atoms in total. The summed E-state index contributed by atoms with van der Waals surface area (Å²) in [6, 6.07) is 0.872. The monoisotopic (exact) mass is 470 g/mol. The maximum Gasteiger partial charge on any atom is 0.265 e. The standard InChI is InChI=1S/C18H20F6N4O4/c19-12(20)6-27(7-13(21)22)15(17(25)30)18(31)26-9-1-2-11(10(5-9)16(23)24)28-3-4-32-8-14(28)29/h1-2,5,12-13,15-16H,3-4,6-8H2,(H2,25,30)(H,26,31)/t15-/m1/s1. The van der Waals surface area contributed by atoms with Gasteiger partial charge in [0.1, 0.15) is 6.61 Å². The number of morpholine rings is 1. The lowest BCUT2D eigenvalue weighted by Gasteiger charge is -2.29. The van der Waals surface area contributed by atoms with Crippen molar-refractivity contribution in [2.45, 2.75) is 25.3 Å². The average molecular weight is 470 g/mol. The number of alkyl halides is 6. The molecule has 0 saturated carbocycles. The number of hydrogen-bond acceptors (Lipinski definition) is 5. The molecule has 0 radical (unpaired) electrons. The number of nitrogens with two attached hydrogens (primary N) is 1. The number of nitrogens with zero attached hydrogens (tertiary/aromatic N) is 2. The number of carbonyl (C=O) groups is 3. The van der Waals surface area contributed by atoms with Gasteiger partial charge in [-0.15, -0.1) is 0 Å². The van der Waals surface area contributed by atoms with Gasteiger partial charge in [0, 0.05) is 17.8 Å². The number of hydrogen-bond donors (Lipinski definition) is 2. The highest BCUT2D eigenvalue weighted by Gasteiger charge is 2.35. The van der Waals surface area contributed by atoms with Crippen molar-refractivity contribution in [2.75, 3.05) is 43.1 Å². The van der Waals surface area contributed by atoms with Crippen molar-refractivity contribution in [3.8, 4) is 0 Å². The first kappa shape index (κ1) is 25.4. The summed E-state index contributed by atoms with van der Waals surface area (Å²) in [4.78, 5) is 37.4. The highest BCUT2D eigenvalue weighted by molar-refractivity contribution is 6.09. The van der Waals surface area contributed by atoms with Gasteiger partial charge in [0.15, 0.2) is 6.04 Å². The van der Waals surface area contributed by atoms with Crippen LogP contribution in [0.4, 0.5) is 37.7 Å². The van der Waals surface area contributed by atoms with Crippen LogP contribution in [0.3, 0.4) is 0 Å². The Morgan fingerprint density at radius 3 is 2.25 bits per heavy atom. The summed E-state index contributed by atoms with van der Waals surface area (Å²) < 4.78 is 83.1. The molecule has 1 saturated heterocycles. The van der Waals surface area contributed by atoms with Gasteiger partial charge in [0.2, 0.25) is 5.91 Å². The molecule has 0 unspecified atom stereocenters. The number of anilines is 2. The van der Waals surface area contributed by atoms with Gasteiger partial charge in [0.05, 0.1) is 25.4 Å². The zero-order valence-corrected chi connectivity index (χ0v) is 16.4. The van der Waals surface area contributed by atoms with E-state index in [0.29, 0.717) is 0 Å². The average Bonchev–Trinajstić information content (AvgIpc) is 2.67. The number of nitrogens with one attached hydrogen (secondary N) is 1. The molecular weight excluding hydrogens is 450 g/mol. The summed E-state index contributed by atoms with van der Waals surface area (Å²) in [5.74, 6) is -3.39. The van der Waals surface area contributed by atoms with E-state index in [1.165, 1.54) is 0 Å². The Bertz CT molecular complexity index is 832. The van der Waals surface area contributed by atoms with E-state index in [0.717, 1.165) is 23.1 Å². The largest absolute Gasteiger partial charge is 0.370 e. The molecule has 1 atom stereocenters. The molecule has 3 N–H and O–H groups in total. The van der Waals surface area contributed by atoms with Gasteiger partial charge >= 0.3 is 0 Å². The van der Waals surface area contributed by atoms with E-state index in [2.05, 4.69) is 5.32 Å². The first-order valence-electron chi connectivity index (χ1n) is 9.22. The van der Waals surface area contributed by atoms with E-state index in [4.69, 9.17) is 10.5 Å². The molecule has 0 bridgehead atoms. The Balaban J connectivity index is 2.30. The van der Waals surface area contributed by atoms with Crippen molar-refractivity contribution in [1.29, 1.82) is 0 Å². The normalized spacial score (nSPS) is 15.7. The van der Waals surface area contributed by atoms with E-state index in [1.54, 1.807) is 0 Å². The SMILES string of the molecule is NC(=O)[C@H](C(=O)Nc1ccc(N2CCOCC2=O)c(C(F)F)c1)N(CC(F)F)CC(F)F. The van der Waals surface area contributed by atoms with Gasteiger partial charge in [-0.1, -0.05) is 0 Å². The Kier molecular flexibility index (Phi) is 8.83. The van der Waals surface area contributed by atoms with Crippen LogP contribution in [0.25, 0.3) is 0 Å². The second-order valence-corrected chi connectivity index (χ2v) is 6.70. The molecule has 0 aliphatic carbocycles. The van der Waals surface area contributed by atoms with Crippen LogP contribution in [0, 0.1) is 0 Å². The van der Waals surface area contributed by atoms with Crippen LogP contribution < -0.4 is 16.0 Å². The van der Waals surface area contributed by atoms with E-state index < -0.39 is 61.7 Å². The molecule has 1 heterocycles. The summed E-state index contributed by atoms with van der Waals surface area (Å²) in [5, 5.41) is 2.05. The second kappa shape index (κ2) is 11.1. The molecule has 14 heteroatoms. The lowest BCUT2D eigenvalue weighted by molar-refractivity contribution is -0.134. The number of amides is 3. The fourth-order valence-electron chi connectivity index (χ4n) is 3.15. The minimum absolute atomic E-state index is 0.0181. The molecule has 2 rings (SSSR count). The number of carbonyl (C=O) groups excluding carboxylic acids is 3. The van der Waals surface area contributed by atoms with Crippen molar-refractivity contribution in [3.05, 3.63) is 23.8 Å². The number of primary amides is 1. The van der Waals surface area contributed by atoms with Crippen molar-refractivity contribution in [3.63, 3.8) is 0 Å². The molecule has 1 aromatic carbocycles. The first-order valence-corrected chi connectivity index (χ1v) is 9.22. The van der Waals surface area contributed by atoms with Crippen molar-refractivity contribution in [1.82, 2.24) is 4.90 Å². The molecule has 178 valence electrons. The van der Waals surface area contributed by atoms with Gasteiger partial charge in [-0.3, -0.25) is 19.3 Å². The summed E-state index contributed by atoms with van der Waals surface area (Å²) in [6.45, 7) is -2.84. The van der Waals surface area contributed by atoms with Gasteiger partial charge in [-0.05, 0) is 18.2 Å². The van der Waals surface area contributed by atoms with Crippen LogP contribution in [0.2, 0.25) is 0 Å². The molecule has 1 fully saturated rings. The lowest BCUT2D eigenvalue weighted by Crippen LogP contribution is -2.54. The highest BCUT2D eigenvalue weighted by Crippen LogP contribution is 2.33. The van der Waals surface area contributed by atoms with Gasteiger partial charge in [-0.2, -0.15) is 0 Å². The third kappa shape index (κ3) is 6.56. The van der Waals surface area contributed by atoms with Gasteiger partial charge < -0.3 is 20.7 Å². The molecule has 1 aliphatic heterocycles. The Morgan fingerprint density at radius 1 is 1.12 bits per heavy atom. The van der Waals surface area contributed by atoms with E-state index in [-0.39, 0.29) is 36.0 Å². The van der Waals surface area contributed by atoms with Crippen molar-refractivity contribution < 1.29 is 45.5 Å². The van der Waals surface area contributed by atoms with Crippen LogP contribution in [0.15, 0.2) is 18.2 Å². The molecule has 1 aliphatic rings. The number of benzene rings is 1. The molecule has 1 aromatic rings. The van der Waals surface area contributed by atoms with E-state index in [9.17, 15) is 40.7 Å². The van der Waals surface area contributed by atoms with Gasteiger partial charge in [0.25, 0.3) is 31.1 Å². The minimum atomic E-state index is -3.15. The summed E-state index contributed by atoms with van der Waals surface area (Å²) >= 11 is 0. The lowest BCUT2D eigenvalue weighted by atomic mass is 10.1. The predicted octanol–water partition coefficient (Wildman–Crippen LogP) is 1.61. The van der Waals surface area contributed by atoms with Crippen molar-refractivity contribution in [2.24, 2.45) is 5.73 Å². The quantitative estimate of drug-likeness (QED) is 0.400. The first-order chi connectivity index (χ1) is 15.0. The maximum atomic E-state index is 13.6. The smallest absolute Gasteiger partial charge is 0.265 e. The Hall–Kier alpha value is -2.87. The Labute approximate surface area is 178 Å². The third-order valence-corrected chi connectivity index (χ3v) is 4.43. The summed E-state index contributed by atoms with van der Waals surface area (Å²) in [6.07, 6.45) is -9.38. The highest BCUT2D eigenvalue weighted by atomic mass is 19.3. The summed E-state index contributed by atoms with van der Waals surface area (Å²) in [7, 11) is 0. The van der Waals surface area contributed by atoms with Crippen LogP contribution >= 0.6 is 0 Å². The van der Waals surface area contributed by atoms with E-state index in [1.807, 2.05) is 0 Å². The minimum Gasteiger partial charge on any atom is -0.370 e. The molecular formula is C18H20F6N4O4. The molecule has 0 aromatic heterocycles. The summed E-state index contributed by atoms with van der Waals surface area (Å²) in [5.41, 5.74) is 4.01. The topological polar surface area (TPSA) is 105 Å². The molecule has 0 spiro atoms. The van der Waals surface area contributed by atoms with Gasteiger partial charge in [-0.25, -0.2) is 26.3 Å². The zero-order valence-electron chi connectivity index (χ0n) is 16.4. The van der Waals surface area contributed by atoms with Crippen LogP contribution in [0.1, 0.15) is 12.0 Å². The van der Waals surface area contributed by atoms with Crippen LogP contribution in [-0.2, 0) is 19.1 Å². The maximum absolute atomic E-state index is 13.6. The predicted molar refractivity (Wildman–Crippen MR) is 99.8 cm³/mol. The second-order valence-electron chi connectivity index (χ2n) is 6.70. The van der Waals surface area contributed by atoms with Crippen LogP contribution in [-0.4, -0.2) is 74.4 Å². The van der Waals surface area contributed by atoms with Crippen molar-refractivity contribution >= 4 is 29.1 Å². The third-order valence-electron chi connectivity index (χ3n) is 4.43. The zero-order chi connectivity index (χ0) is 24.0. The number of rotatable bonds is 10. The number of ether oxygens (including phenoxy) is 1. The fourth-order valence-corrected chi connectivity index (χ4v) is 3.15. The van der Waals surface area contributed by atoms with E-state index >= 15 is 0 Å². The van der Waals surface area contributed by atoms with Crippen LogP contribution in [0.5, 0.6) is 0 Å². The fraction of sp³-hybridized carbons (Fsp3) is 0.500. The number of halogens is 6. The molecule has 3 amide bonds. The molecule has 32 heavy (non-hydrogen) atoms. The Morgan fingerprint density at radius 2 is 1.75 bits per heavy atom.